The molecule has 0 bridgehead atoms. The number of fused-ring (bicyclic) bond motifs is 1. The van der Waals surface area contributed by atoms with Gasteiger partial charge in [-0.3, -0.25) is 14.2 Å². The van der Waals surface area contributed by atoms with E-state index in [1.807, 2.05) is 12.3 Å². The SMILES string of the molecule is CCn1c(SCC(=O)Nc2ccc(Cl)cc2F)nc2ccsc2c1=O. The maximum atomic E-state index is 13.7. The number of aromatic nitrogens is 2. The molecule has 0 unspecified atom stereocenters. The van der Waals surface area contributed by atoms with Crippen molar-refractivity contribution in [2.45, 2.75) is 18.6 Å². The minimum Gasteiger partial charge on any atom is -0.323 e. The van der Waals surface area contributed by atoms with Gasteiger partial charge in [0.15, 0.2) is 5.16 Å². The molecule has 0 fully saturated rings. The molecule has 1 N–H and O–H groups in total. The van der Waals surface area contributed by atoms with Crippen LogP contribution in [0.5, 0.6) is 0 Å². The first-order chi connectivity index (χ1) is 12.0. The Kier molecular flexibility index (Phi) is 5.41. The van der Waals surface area contributed by atoms with E-state index in [0.29, 0.717) is 21.9 Å². The Balaban J connectivity index is 1.75. The van der Waals surface area contributed by atoms with Gasteiger partial charge < -0.3 is 5.32 Å². The number of rotatable bonds is 5. The largest absolute Gasteiger partial charge is 0.323 e. The van der Waals surface area contributed by atoms with Crippen LogP contribution in [0.2, 0.25) is 5.02 Å². The summed E-state index contributed by atoms with van der Waals surface area (Å²) < 4.78 is 15.8. The van der Waals surface area contributed by atoms with Crippen LogP contribution in [0, 0.1) is 5.82 Å². The lowest BCUT2D eigenvalue weighted by atomic mass is 10.3. The number of thioether (sulfide) groups is 1. The molecule has 1 aromatic carbocycles. The molecular formula is C16H13ClFN3O2S2. The molecular weight excluding hydrogens is 385 g/mol. The van der Waals surface area contributed by atoms with Crippen LogP contribution >= 0.6 is 34.7 Å². The highest BCUT2D eigenvalue weighted by molar-refractivity contribution is 7.99. The highest BCUT2D eigenvalue weighted by Crippen LogP contribution is 2.22. The minimum atomic E-state index is -0.603. The number of benzene rings is 1. The summed E-state index contributed by atoms with van der Waals surface area (Å²) in [5, 5.41) is 5.01. The van der Waals surface area contributed by atoms with E-state index in [0.717, 1.165) is 17.8 Å². The van der Waals surface area contributed by atoms with E-state index in [4.69, 9.17) is 11.6 Å². The van der Waals surface area contributed by atoms with E-state index < -0.39 is 11.7 Å². The predicted molar refractivity (Wildman–Crippen MR) is 100 cm³/mol. The third-order valence-corrected chi connectivity index (χ3v) is 5.49. The van der Waals surface area contributed by atoms with Crippen molar-refractivity contribution in [2.75, 3.05) is 11.1 Å². The topological polar surface area (TPSA) is 64.0 Å². The minimum absolute atomic E-state index is 0.00412. The molecule has 0 atom stereocenters. The number of carbonyl (C=O) groups excluding carboxylic acids is 1. The number of nitrogens with one attached hydrogen (secondary N) is 1. The van der Waals surface area contributed by atoms with Crippen molar-refractivity contribution in [3.05, 3.63) is 50.8 Å². The van der Waals surface area contributed by atoms with E-state index in [1.54, 1.807) is 6.07 Å². The van der Waals surface area contributed by atoms with Gasteiger partial charge in [-0.25, -0.2) is 9.37 Å². The second-order valence-corrected chi connectivity index (χ2v) is 7.33. The molecule has 1 amide bonds. The molecule has 130 valence electrons. The molecule has 0 spiro atoms. The molecule has 2 heterocycles. The molecule has 0 radical (unpaired) electrons. The molecule has 0 aliphatic heterocycles. The zero-order valence-electron chi connectivity index (χ0n) is 13.1. The first-order valence-corrected chi connectivity index (χ1v) is 9.59. The lowest BCUT2D eigenvalue weighted by Gasteiger charge is -2.10. The van der Waals surface area contributed by atoms with Gasteiger partial charge in [0, 0.05) is 11.6 Å². The predicted octanol–water partition coefficient (Wildman–Crippen LogP) is 4.00. The first-order valence-electron chi connectivity index (χ1n) is 7.35. The Morgan fingerprint density at radius 3 is 2.96 bits per heavy atom. The Morgan fingerprint density at radius 2 is 2.24 bits per heavy atom. The Morgan fingerprint density at radius 1 is 1.44 bits per heavy atom. The maximum Gasteiger partial charge on any atom is 0.272 e. The fraction of sp³-hybridized carbons (Fsp3) is 0.188. The van der Waals surface area contributed by atoms with E-state index in [2.05, 4.69) is 10.3 Å². The van der Waals surface area contributed by atoms with Crippen LogP contribution in [0.1, 0.15) is 6.92 Å². The van der Waals surface area contributed by atoms with Crippen molar-refractivity contribution in [1.29, 1.82) is 0 Å². The third kappa shape index (κ3) is 3.86. The molecule has 3 aromatic rings. The lowest BCUT2D eigenvalue weighted by Crippen LogP contribution is -2.22. The molecule has 0 saturated carbocycles. The van der Waals surface area contributed by atoms with Gasteiger partial charge in [-0.05, 0) is 36.6 Å². The monoisotopic (exact) mass is 397 g/mol. The Hall–Kier alpha value is -1.90. The molecule has 2 aromatic heterocycles. The zero-order chi connectivity index (χ0) is 18.0. The van der Waals surface area contributed by atoms with Crippen molar-refractivity contribution >= 4 is 56.5 Å². The normalized spacial score (nSPS) is 11.0. The number of thiophene rings is 1. The number of anilines is 1. The van der Waals surface area contributed by atoms with E-state index in [9.17, 15) is 14.0 Å². The van der Waals surface area contributed by atoms with Crippen LogP contribution in [0.3, 0.4) is 0 Å². The third-order valence-electron chi connectivity index (χ3n) is 3.38. The van der Waals surface area contributed by atoms with E-state index in [1.165, 1.54) is 28.0 Å². The van der Waals surface area contributed by atoms with Crippen molar-refractivity contribution in [1.82, 2.24) is 9.55 Å². The molecule has 5 nitrogen and oxygen atoms in total. The van der Waals surface area contributed by atoms with Gasteiger partial charge in [-0.15, -0.1) is 11.3 Å². The van der Waals surface area contributed by atoms with Crippen LogP contribution in [0.4, 0.5) is 10.1 Å². The Bertz CT molecular complexity index is 1000. The molecule has 0 aliphatic carbocycles. The molecule has 3 rings (SSSR count). The van der Waals surface area contributed by atoms with Gasteiger partial charge in [-0.2, -0.15) is 0 Å². The number of nitrogens with zero attached hydrogens (tertiary/aromatic N) is 2. The van der Waals surface area contributed by atoms with Gasteiger partial charge >= 0.3 is 0 Å². The van der Waals surface area contributed by atoms with Crippen LogP contribution in [0.25, 0.3) is 10.2 Å². The number of halogens is 2. The second kappa shape index (κ2) is 7.55. The van der Waals surface area contributed by atoms with Crippen LogP contribution in [0.15, 0.2) is 39.6 Å². The van der Waals surface area contributed by atoms with E-state index in [-0.39, 0.29) is 22.0 Å². The lowest BCUT2D eigenvalue weighted by molar-refractivity contribution is -0.113. The average Bonchev–Trinajstić information content (AvgIpc) is 3.04. The fourth-order valence-electron chi connectivity index (χ4n) is 2.22. The summed E-state index contributed by atoms with van der Waals surface area (Å²) in [4.78, 5) is 28.9. The summed E-state index contributed by atoms with van der Waals surface area (Å²) in [6.07, 6.45) is 0. The highest BCUT2D eigenvalue weighted by atomic mass is 35.5. The first kappa shape index (κ1) is 17.9. The smallest absolute Gasteiger partial charge is 0.272 e. The fourth-order valence-corrected chi connectivity index (χ4v) is 4.02. The molecule has 0 saturated heterocycles. The Labute approximate surface area is 155 Å². The highest BCUT2D eigenvalue weighted by Gasteiger charge is 2.14. The van der Waals surface area contributed by atoms with Crippen LogP contribution in [-0.2, 0) is 11.3 Å². The van der Waals surface area contributed by atoms with Crippen LogP contribution < -0.4 is 10.9 Å². The van der Waals surface area contributed by atoms with Crippen molar-refractivity contribution < 1.29 is 9.18 Å². The quantitative estimate of drug-likeness (QED) is 0.522. The average molecular weight is 398 g/mol. The van der Waals surface area contributed by atoms with Crippen LogP contribution in [-0.4, -0.2) is 21.2 Å². The number of amides is 1. The van der Waals surface area contributed by atoms with Crippen molar-refractivity contribution in [3.63, 3.8) is 0 Å². The molecule has 9 heteroatoms. The van der Waals surface area contributed by atoms with Gasteiger partial charge in [0.2, 0.25) is 5.91 Å². The summed E-state index contributed by atoms with van der Waals surface area (Å²) >= 11 is 8.17. The summed E-state index contributed by atoms with van der Waals surface area (Å²) in [5.41, 5.74) is 0.560. The van der Waals surface area contributed by atoms with E-state index >= 15 is 0 Å². The maximum absolute atomic E-state index is 13.7. The van der Waals surface area contributed by atoms with Gasteiger partial charge in [0.25, 0.3) is 5.56 Å². The molecule has 25 heavy (non-hydrogen) atoms. The number of carbonyl (C=O) groups is 1. The van der Waals surface area contributed by atoms with Gasteiger partial charge in [0.05, 0.1) is 17.0 Å². The van der Waals surface area contributed by atoms with Gasteiger partial charge in [0.1, 0.15) is 10.5 Å². The standard InChI is InChI=1S/C16H13ClFN3O2S2/c1-2-21-15(23)14-12(5-6-24-14)20-16(21)25-8-13(22)19-11-4-3-9(17)7-10(11)18/h3-7H,2,8H2,1H3,(H,19,22). The van der Waals surface area contributed by atoms with Crippen molar-refractivity contribution in [3.8, 4) is 0 Å². The summed E-state index contributed by atoms with van der Waals surface area (Å²) in [6, 6.07) is 5.80. The second-order valence-electron chi connectivity index (χ2n) is 5.04. The summed E-state index contributed by atoms with van der Waals surface area (Å²) in [7, 11) is 0. The van der Waals surface area contributed by atoms with Gasteiger partial charge in [-0.1, -0.05) is 23.4 Å². The summed E-state index contributed by atoms with van der Waals surface area (Å²) in [6.45, 7) is 2.30. The zero-order valence-corrected chi connectivity index (χ0v) is 15.5. The number of hydrogen-bond donors (Lipinski definition) is 1. The number of hydrogen-bond acceptors (Lipinski definition) is 5. The summed E-state index contributed by atoms with van der Waals surface area (Å²) in [5.74, 6) is -0.993. The molecule has 0 aliphatic rings. The van der Waals surface area contributed by atoms with Crippen molar-refractivity contribution in [2.24, 2.45) is 0 Å².